The van der Waals surface area contributed by atoms with E-state index in [0.717, 1.165) is 39.1 Å². The van der Waals surface area contributed by atoms with E-state index in [4.69, 9.17) is 4.74 Å². The quantitative estimate of drug-likeness (QED) is 0.640. The second-order valence-electron chi connectivity index (χ2n) is 3.85. The molecule has 92 valence electrons. The first kappa shape index (κ1) is 13.1. The van der Waals surface area contributed by atoms with Gasteiger partial charge in [0, 0.05) is 25.8 Å². The Bertz CT molecular complexity index is 250. The molecule has 0 radical (unpaired) electrons. The van der Waals surface area contributed by atoms with Gasteiger partial charge < -0.3 is 10.1 Å². The number of ether oxygens (including phenoxy) is 1. The van der Waals surface area contributed by atoms with Crippen LogP contribution >= 0.6 is 0 Å². The van der Waals surface area contributed by atoms with Gasteiger partial charge in [-0.25, -0.2) is 4.98 Å². The monoisotopic (exact) mass is 226 g/mol. The number of hydrogen-bond acceptors (Lipinski definition) is 4. The summed E-state index contributed by atoms with van der Waals surface area (Å²) in [6.07, 6.45) is 5.46. The summed E-state index contributed by atoms with van der Waals surface area (Å²) >= 11 is 0. The van der Waals surface area contributed by atoms with Crippen LogP contribution in [0.25, 0.3) is 0 Å². The molecule has 1 N–H and O–H groups in total. The van der Waals surface area contributed by atoms with Crippen molar-refractivity contribution in [3.8, 4) is 0 Å². The summed E-state index contributed by atoms with van der Waals surface area (Å²) in [4.78, 5) is 3.91. The molecule has 1 aromatic heterocycles. The molecule has 1 unspecified atom stereocenters. The van der Waals surface area contributed by atoms with E-state index in [1.807, 2.05) is 11.6 Å². The molecule has 0 aliphatic heterocycles. The van der Waals surface area contributed by atoms with Gasteiger partial charge in [-0.05, 0) is 33.2 Å². The Morgan fingerprint density at radius 2 is 2.38 bits per heavy atom. The Morgan fingerprint density at radius 1 is 1.50 bits per heavy atom. The number of nitrogens with one attached hydrogen (secondary N) is 1. The molecule has 0 aliphatic rings. The maximum Gasteiger partial charge on any atom is 0.137 e. The molecule has 0 spiro atoms. The highest BCUT2D eigenvalue weighted by molar-refractivity contribution is 4.63. The molecular formula is C11H22N4O. The minimum Gasteiger partial charge on any atom is -0.382 e. The maximum absolute atomic E-state index is 5.27. The highest BCUT2D eigenvalue weighted by Crippen LogP contribution is 1.94. The molecule has 1 heterocycles. The fourth-order valence-corrected chi connectivity index (χ4v) is 1.44. The lowest BCUT2D eigenvalue weighted by molar-refractivity contribution is 0.144. The summed E-state index contributed by atoms with van der Waals surface area (Å²) in [5.74, 6) is 0. The molecular weight excluding hydrogens is 204 g/mol. The summed E-state index contributed by atoms with van der Waals surface area (Å²) in [7, 11) is 0. The van der Waals surface area contributed by atoms with E-state index in [9.17, 15) is 0 Å². The summed E-state index contributed by atoms with van der Waals surface area (Å²) in [6.45, 7) is 7.80. The van der Waals surface area contributed by atoms with Crippen molar-refractivity contribution in [3.05, 3.63) is 12.7 Å². The van der Waals surface area contributed by atoms with Crippen LogP contribution in [-0.4, -0.2) is 40.6 Å². The van der Waals surface area contributed by atoms with Gasteiger partial charge >= 0.3 is 0 Å². The Balaban J connectivity index is 1.96. The van der Waals surface area contributed by atoms with Crippen molar-refractivity contribution in [1.82, 2.24) is 20.1 Å². The van der Waals surface area contributed by atoms with Crippen molar-refractivity contribution in [3.63, 3.8) is 0 Å². The Hall–Kier alpha value is -0.940. The minimum atomic E-state index is 0.505. The summed E-state index contributed by atoms with van der Waals surface area (Å²) in [6, 6.07) is 0.505. The second kappa shape index (κ2) is 8.24. The predicted octanol–water partition coefficient (Wildman–Crippen LogP) is 1.07. The molecule has 5 heteroatoms. The zero-order valence-corrected chi connectivity index (χ0v) is 10.2. The lowest BCUT2D eigenvalue weighted by atomic mass is 10.2. The van der Waals surface area contributed by atoms with Crippen LogP contribution in [0.4, 0.5) is 0 Å². The highest BCUT2D eigenvalue weighted by atomic mass is 16.5. The first-order valence-corrected chi connectivity index (χ1v) is 5.96. The van der Waals surface area contributed by atoms with Gasteiger partial charge in [0.15, 0.2) is 0 Å². The molecule has 0 amide bonds. The van der Waals surface area contributed by atoms with E-state index in [1.54, 1.807) is 12.7 Å². The summed E-state index contributed by atoms with van der Waals surface area (Å²) in [5.41, 5.74) is 0. The van der Waals surface area contributed by atoms with Crippen LogP contribution in [0.3, 0.4) is 0 Å². The smallest absolute Gasteiger partial charge is 0.137 e. The Labute approximate surface area is 97.2 Å². The molecule has 0 aromatic carbocycles. The van der Waals surface area contributed by atoms with Crippen molar-refractivity contribution in [2.75, 3.05) is 19.8 Å². The van der Waals surface area contributed by atoms with Gasteiger partial charge in [-0.3, -0.25) is 4.68 Å². The number of hydrogen-bond donors (Lipinski definition) is 1. The van der Waals surface area contributed by atoms with E-state index in [2.05, 4.69) is 22.3 Å². The molecule has 5 nitrogen and oxygen atoms in total. The van der Waals surface area contributed by atoms with Crippen molar-refractivity contribution in [1.29, 1.82) is 0 Å². The topological polar surface area (TPSA) is 52.0 Å². The third-order valence-electron chi connectivity index (χ3n) is 2.42. The van der Waals surface area contributed by atoms with Gasteiger partial charge in [0.2, 0.25) is 0 Å². The van der Waals surface area contributed by atoms with Gasteiger partial charge in [0.25, 0.3) is 0 Å². The van der Waals surface area contributed by atoms with Crippen molar-refractivity contribution >= 4 is 0 Å². The summed E-state index contributed by atoms with van der Waals surface area (Å²) in [5, 5.41) is 7.53. The third-order valence-corrected chi connectivity index (χ3v) is 2.42. The number of aryl methyl sites for hydroxylation is 1. The van der Waals surface area contributed by atoms with Gasteiger partial charge in [-0.15, -0.1) is 0 Å². The van der Waals surface area contributed by atoms with Crippen molar-refractivity contribution in [2.45, 2.75) is 39.3 Å². The number of aromatic nitrogens is 3. The van der Waals surface area contributed by atoms with Gasteiger partial charge in [-0.2, -0.15) is 5.10 Å². The molecule has 0 saturated heterocycles. The van der Waals surface area contributed by atoms with Crippen LogP contribution in [0, 0.1) is 0 Å². The average molecular weight is 226 g/mol. The Kier molecular flexibility index (Phi) is 6.76. The van der Waals surface area contributed by atoms with Crippen LogP contribution in [0.5, 0.6) is 0 Å². The standard InChI is InChI=1S/C11H22N4O/c1-3-16-8-4-6-13-11(2)5-7-15-10-12-9-14-15/h9-11,13H,3-8H2,1-2H3. The third kappa shape index (κ3) is 5.82. The van der Waals surface area contributed by atoms with Gasteiger partial charge in [-0.1, -0.05) is 0 Å². The van der Waals surface area contributed by atoms with Crippen LogP contribution in [0.15, 0.2) is 12.7 Å². The first-order chi connectivity index (χ1) is 7.83. The number of rotatable bonds is 9. The van der Waals surface area contributed by atoms with Crippen molar-refractivity contribution in [2.24, 2.45) is 0 Å². The molecule has 0 fully saturated rings. The molecule has 1 atom stereocenters. The molecule has 16 heavy (non-hydrogen) atoms. The van der Waals surface area contributed by atoms with Crippen LogP contribution < -0.4 is 5.32 Å². The zero-order chi connectivity index (χ0) is 11.6. The van der Waals surface area contributed by atoms with E-state index in [0.29, 0.717) is 6.04 Å². The fraction of sp³-hybridized carbons (Fsp3) is 0.818. The van der Waals surface area contributed by atoms with Crippen LogP contribution in [-0.2, 0) is 11.3 Å². The lowest BCUT2D eigenvalue weighted by Gasteiger charge is -2.13. The van der Waals surface area contributed by atoms with Crippen LogP contribution in [0.1, 0.15) is 26.7 Å². The summed E-state index contributed by atoms with van der Waals surface area (Å²) < 4.78 is 7.13. The predicted molar refractivity (Wildman–Crippen MR) is 63.2 cm³/mol. The van der Waals surface area contributed by atoms with E-state index >= 15 is 0 Å². The van der Waals surface area contributed by atoms with E-state index < -0.39 is 0 Å². The average Bonchev–Trinajstić information content (AvgIpc) is 2.79. The van der Waals surface area contributed by atoms with Crippen LogP contribution in [0.2, 0.25) is 0 Å². The fourth-order valence-electron chi connectivity index (χ4n) is 1.44. The Morgan fingerprint density at radius 3 is 3.06 bits per heavy atom. The molecule has 0 bridgehead atoms. The second-order valence-corrected chi connectivity index (χ2v) is 3.85. The van der Waals surface area contributed by atoms with E-state index in [-0.39, 0.29) is 0 Å². The first-order valence-electron chi connectivity index (χ1n) is 5.96. The maximum atomic E-state index is 5.27. The van der Waals surface area contributed by atoms with Gasteiger partial charge in [0.05, 0.1) is 0 Å². The SMILES string of the molecule is CCOCCCNC(C)CCn1cncn1. The molecule has 1 rings (SSSR count). The van der Waals surface area contributed by atoms with Crippen molar-refractivity contribution < 1.29 is 4.74 Å². The molecule has 0 saturated carbocycles. The largest absolute Gasteiger partial charge is 0.382 e. The number of nitrogens with zero attached hydrogens (tertiary/aromatic N) is 3. The lowest BCUT2D eigenvalue weighted by Crippen LogP contribution is -2.28. The molecule has 1 aromatic rings. The molecule has 0 aliphatic carbocycles. The highest BCUT2D eigenvalue weighted by Gasteiger charge is 2.01. The van der Waals surface area contributed by atoms with Gasteiger partial charge in [0.1, 0.15) is 12.7 Å². The van der Waals surface area contributed by atoms with E-state index in [1.165, 1.54) is 0 Å². The minimum absolute atomic E-state index is 0.505. The normalized spacial score (nSPS) is 12.9. The zero-order valence-electron chi connectivity index (χ0n) is 10.2.